The number of rotatable bonds is 5. The summed E-state index contributed by atoms with van der Waals surface area (Å²) in [5, 5.41) is 6.73. The van der Waals surface area contributed by atoms with Crippen molar-refractivity contribution in [2.75, 3.05) is 12.1 Å². The fraction of sp³-hybridized carbons (Fsp3) is 0.238. The predicted molar refractivity (Wildman–Crippen MR) is 114 cm³/mol. The number of nitrogens with zero attached hydrogens (tertiary/aromatic N) is 2. The lowest BCUT2D eigenvalue weighted by Gasteiger charge is -2.15. The molecule has 1 amide bonds. The van der Waals surface area contributed by atoms with Crippen molar-refractivity contribution in [1.29, 1.82) is 0 Å². The van der Waals surface area contributed by atoms with Crippen molar-refractivity contribution in [2.45, 2.75) is 26.9 Å². The number of anilines is 1. The predicted octanol–water partition coefficient (Wildman–Crippen LogP) is 5.60. The molecule has 0 aromatic heterocycles. The number of hydrogen-bond acceptors (Lipinski definition) is 4. The Balaban J connectivity index is 1.97. The van der Waals surface area contributed by atoms with Gasteiger partial charge in [-0.2, -0.15) is 10.1 Å². The van der Waals surface area contributed by atoms with E-state index < -0.39 is 0 Å². The molecule has 0 unspecified atom stereocenters. The SMILES string of the molecule is COc1c(Cl)cc(C=C2C(=O)N(c3ccc(Cl)cc3)N=C2C)cc1OC(C)C. The van der Waals surface area contributed by atoms with E-state index in [0.717, 1.165) is 5.56 Å². The zero-order chi connectivity index (χ0) is 20.4. The maximum atomic E-state index is 12.9. The molecule has 0 atom stereocenters. The van der Waals surface area contributed by atoms with E-state index >= 15 is 0 Å². The van der Waals surface area contributed by atoms with E-state index in [1.807, 2.05) is 13.8 Å². The van der Waals surface area contributed by atoms with Gasteiger partial charge in [-0.15, -0.1) is 0 Å². The van der Waals surface area contributed by atoms with E-state index in [9.17, 15) is 4.79 Å². The van der Waals surface area contributed by atoms with Crippen molar-refractivity contribution < 1.29 is 14.3 Å². The molecule has 0 fully saturated rings. The van der Waals surface area contributed by atoms with Gasteiger partial charge in [-0.1, -0.05) is 23.2 Å². The molecule has 0 aliphatic carbocycles. The molecule has 0 saturated heterocycles. The second-order valence-electron chi connectivity index (χ2n) is 6.54. The first-order chi connectivity index (χ1) is 13.3. The fourth-order valence-electron chi connectivity index (χ4n) is 2.82. The molecule has 3 rings (SSSR count). The lowest BCUT2D eigenvalue weighted by molar-refractivity contribution is -0.114. The summed E-state index contributed by atoms with van der Waals surface area (Å²) in [6.07, 6.45) is 1.69. The molecule has 0 bridgehead atoms. The molecule has 146 valence electrons. The average molecular weight is 419 g/mol. The highest BCUT2D eigenvalue weighted by molar-refractivity contribution is 6.34. The largest absolute Gasteiger partial charge is 0.491 e. The van der Waals surface area contributed by atoms with E-state index in [2.05, 4.69) is 5.10 Å². The number of methoxy groups -OCH3 is 1. The van der Waals surface area contributed by atoms with Gasteiger partial charge >= 0.3 is 0 Å². The Kier molecular flexibility index (Phi) is 5.96. The molecular weight excluding hydrogens is 399 g/mol. The summed E-state index contributed by atoms with van der Waals surface area (Å²) < 4.78 is 11.1. The quantitative estimate of drug-likeness (QED) is 0.594. The van der Waals surface area contributed by atoms with Gasteiger partial charge in [-0.25, -0.2) is 0 Å². The summed E-state index contributed by atoms with van der Waals surface area (Å²) in [5.74, 6) is 0.757. The summed E-state index contributed by atoms with van der Waals surface area (Å²) in [5.41, 5.74) is 2.45. The highest BCUT2D eigenvalue weighted by Crippen LogP contribution is 2.38. The lowest BCUT2D eigenvalue weighted by Crippen LogP contribution is -2.21. The van der Waals surface area contributed by atoms with Gasteiger partial charge in [0.25, 0.3) is 5.91 Å². The van der Waals surface area contributed by atoms with Gasteiger partial charge in [0.05, 0.1) is 35.2 Å². The van der Waals surface area contributed by atoms with Crippen LogP contribution in [0.2, 0.25) is 10.0 Å². The van der Waals surface area contributed by atoms with Crippen LogP contribution in [0.25, 0.3) is 6.08 Å². The number of amides is 1. The Labute approximate surface area is 174 Å². The van der Waals surface area contributed by atoms with Crippen LogP contribution in [0.3, 0.4) is 0 Å². The Bertz CT molecular complexity index is 966. The van der Waals surface area contributed by atoms with Crippen molar-refractivity contribution in [1.82, 2.24) is 0 Å². The normalized spacial score (nSPS) is 15.4. The molecule has 2 aromatic rings. The maximum absolute atomic E-state index is 12.9. The van der Waals surface area contributed by atoms with Crippen molar-refractivity contribution in [3.8, 4) is 11.5 Å². The van der Waals surface area contributed by atoms with Crippen molar-refractivity contribution >= 4 is 46.6 Å². The van der Waals surface area contributed by atoms with Crippen LogP contribution in [-0.4, -0.2) is 24.8 Å². The van der Waals surface area contributed by atoms with E-state index in [1.54, 1.807) is 49.4 Å². The lowest BCUT2D eigenvalue weighted by atomic mass is 10.1. The standard InChI is InChI=1S/C21H20Cl2N2O3/c1-12(2)28-19-11-14(10-18(23)20(19)27-4)9-17-13(3)24-25(21(17)26)16-7-5-15(22)6-8-16/h5-12H,1-4H3. The van der Waals surface area contributed by atoms with Crippen LogP contribution in [0, 0.1) is 0 Å². The van der Waals surface area contributed by atoms with Gasteiger partial charge in [0.15, 0.2) is 11.5 Å². The first kappa shape index (κ1) is 20.2. The Morgan fingerprint density at radius 2 is 1.82 bits per heavy atom. The number of carbonyl (C=O) groups is 1. The zero-order valence-electron chi connectivity index (χ0n) is 16.0. The average Bonchev–Trinajstić information content (AvgIpc) is 2.90. The molecule has 28 heavy (non-hydrogen) atoms. The minimum atomic E-state index is -0.224. The van der Waals surface area contributed by atoms with Gasteiger partial charge in [0.1, 0.15) is 0 Å². The van der Waals surface area contributed by atoms with E-state index in [-0.39, 0.29) is 12.0 Å². The van der Waals surface area contributed by atoms with Gasteiger partial charge in [-0.05, 0) is 68.8 Å². The van der Waals surface area contributed by atoms with Crippen LogP contribution in [-0.2, 0) is 4.79 Å². The van der Waals surface area contributed by atoms with Crippen LogP contribution in [0.1, 0.15) is 26.3 Å². The van der Waals surface area contributed by atoms with Crippen LogP contribution >= 0.6 is 23.2 Å². The zero-order valence-corrected chi connectivity index (χ0v) is 17.5. The first-order valence-corrected chi connectivity index (χ1v) is 9.47. The molecule has 1 aliphatic rings. The smallest absolute Gasteiger partial charge is 0.280 e. The van der Waals surface area contributed by atoms with Gasteiger partial charge in [0, 0.05) is 5.02 Å². The number of carbonyl (C=O) groups excluding carboxylic acids is 1. The summed E-state index contributed by atoms with van der Waals surface area (Å²) in [6.45, 7) is 5.62. The Hall–Kier alpha value is -2.50. The van der Waals surface area contributed by atoms with Gasteiger partial charge in [0.2, 0.25) is 0 Å². The number of ether oxygens (including phenoxy) is 2. The summed E-state index contributed by atoms with van der Waals surface area (Å²) in [6, 6.07) is 10.5. The fourth-order valence-corrected chi connectivity index (χ4v) is 3.24. The van der Waals surface area contributed by atoms with Gasteiger partial charge in [-0.3, -0.25) is 4.79 Å². The maximum Gasteiger partial charge on any atom is 0.280 e. The minimum absolute atomic E-state index is 0.0512. The van der Waals surface area contributed by atoms with Crippen LogP contribution in [0.5, 0.6) is 11.5 Å². The highest BCUT2D eigenvalue weighted by atomic mass is 35.5. The summed E-state index contributed by atoms with van der Waals surface area (Å²) in [7, 11) is 1.54. The Morgan fingerprint density at radius 3 is 2.43 bits per heavy atom. The van der Waals surface area contributed by atoms with Crippen molar-refractivity contribution in [2.24, 2.45) is 5.10 Å². The Morgan fingerprint density at radius 1 is 1.14 bits per heavy atom. The topological polar surface area (TPSA) is 51.1 Å². The number of halogens is 2. The summed E-state index contributed by atoms with van der Waals surface area (Å²) in [4.78, 5) is 12.9. The first-order valence-electron chi connectivity index (χ1n) is 8.71. The molecule has 1 aliphatic heterocycles. The number of hydrazone groups is 1. The number of hydrogen-bond donors (Lipinski definition) is 0. The number of benzene rings is 2. The molecule has 1 heterocycles. The third-order valence-corrected chi connectivity index (χ3v) is 4.58. The van der Waals surface area contributed by atoms with Gasteiger partial charge < -0.3 is 9.47 Å². The monoisotopic (exact) mass is 418 g/mol. The molecule has 0 radical (unpaired) electrons. The van der Waals surface area contributed by atoms with E-state index in [4.69, 9.17) is 32.7 Å². The molecule has 0 spiro atoms. The minimum Gasteiger partial charge on any atom is -0.491 e. The van der Waals surface area contributed by atoms with E-state index in [1.165, 1.54) is 12.1 Å². The van der Waals surface area contributed by atoms with Crippen LogP contribution in [0.4, 0.5) is 5.69 Å². The summed E-state index contributed by atoms with van der Waals surface area (Å²) >= 11 is 12.3. The van der Waals surface area contributed by atoms with Crippen molar-refractivity contribution in [3.05, 3.63) is 57.6 Å². The molecule has 2 aromatic carbocycles. The second kappa shape index (κ2) is 8.25. The molecule has 5 nitrogen and oxygen atoms in total. The third kappa shape index (κ3) is 4.16. The molecule has 0 saturated carbocycles. The van der Waals surface area contributed by atoms with Crippen LogP contribution < -0.4 is 14.5 Å². The van der Waals surface area contributed by atoms with E-state index in [0.29, 0.717) is 38.5 Å². The third-order valence-electron chi connectivity index (χ3n) is 4.04. The molecule has 0 N–H and O–H groups in total. The highest BCUT2D eigenvalue weighted by Gasteiger charge is 2.29. The molecular formula is C21H20Cl2N2O3. The van der Waals surface area contributed by atoms with Crippen LogP contribution in [0.15, 0.2) is 47.1 Å². The molecule has 7 heteroatoms. The van der Waals surface area contributed by atoms with Crippen molar-refractivity contribution in [3.63, 3.8) is 0 Å². The second-order valence-corrected chi connectivity index (χ2v) is 7.38.